The second kappa shape index (κ2) is 9.37. The van der Waals surface area contributed by atoms with Crippen molar-refractivity contribution in [3.05, 3.63) is 63.8 Å². The number of cyclic esters (lactones) is 1. The van der Waals surface area contributed by atoms with Crippen molar-refractivity contribution in [3.63, 3.8) is 0 Å². The lowest BCUT2D eigenvalue weighted by Crippen LogP contribution is -2.60. The molecular weight excluding hydrogens is 531 g/mol. The van der Waals surface area contributed by atoms with Gasteiger partial charge in [-0.3, -0.25) is 9.59 Å². The maximum atomic E-state index is 14.4. The Labute approximate surface area is 224 Å². The van der Waals surface area contributed by atoms with E-state index in [1.54, 1.807) is 20.0 Å². The Balaban J connectivity index is 1.61. The van der Waals surface area contributed by atoms with Crippen LogP contribution in [0.2, 0.25) is 19.1 Å². The molecule has 1 aliphatic carbocycles. The Hall–Kier alpha value is -3.38. The first-order valence-electron chi connectivity index (χ1n) is 12.9. The summed E-state index contributed by atoms with van der Waals surface area (Å²) < 4.78 is 51.1. The zero-order chi connectivity index (χ0) is 28.3. The molecule has 12 heteroatoms. The number of carbonyl (C=O) groups is 3. The third-order valence-corrected chi connectivity index (χ3v) is 11.3. The van der Waals surface area contributed by atoms with Gasteiger partial charge in [0.1, 0.15) is 25.3 Å². The van der Waals surface area contributed by atoms with E-state index in [2.05, 4.69) is 5.32 Å². The molecule has 208 valence electrons. The van der Waals surface area contributed by atoms with Gasteiger partial charge in [0.15, 0.2) is 0 Å². The number of allylic oxidation sites excluding steroid dienone is 2. The van der Waals surface area contributed by atoms with Crippen LogP contribution in [-0.2, 0) is 30.4 Å². The Bertz CT molecular complexity index is 1370. The molecule has 2 unspecified atom stereocenters. The first-order chi connectivity index (χ1) is 18.3. The van der Waals surface area contributed by atoms with Crippen LogP contribution >= 0.6 is 0 Å². The normalized spacial score (nSPS) is 24.3. The summed E-state index contributed by atoms with van der Waals surface area (Å²) in [6.07, 6.45) is -3.48. The predicted molar refractivity (Wildman–Crippen MR) is 138 cm³/mol. The number of fused-ring (bicyclic) bond motifs is 3. The van der Waals surface area contributed by atoms with Gasteiger partial charge in [0.2, 0.25) is 11.4 Å². The van der Waals surface area contributed by atoms with Crippen LogP contribution in [0.1, 0.15) is 37.3 Å². The Morgan fingerprint density at radius 2 is 2.00 bits per heavy atom. The maximum Gasteiger partial charge on any atom is 0.388 e. The molecule has 0 bridgehead atoms. The zero-order valence-corrected chi connectivity index (χ0v) is 22.9. The molecule has 3 heterocycles. The largest absolute Gasteiger partial charge is 0.458 e. The molecule has 0 radical (unpaired) electrons. The molecule has 3 N–H and O–H groups in total. The van der Waals surface area contributed by atoms with Gasteiger partial charge < -0.3 is 25.4 Å². The lowest BCUT2D eigenvalue weighted by atomic mass is 9.77. The maximum absolute atomic E-state index is 14.4. The molecule has 39 heavy (non-hydrogen) atoms. The Kier molecular flexibility index (Phi) is 6.53. The van der Waals surface area contributed by atoms with Gasteiger partial charge in [0, 0.05) is 29.7 Å². The van der Waals surface area contributed by atoms with Crippen LogP contribution in [0.4, 0.5) is 13.2 Å². The monoisotopic (exact) mass is 561 g/mol. The third kappa shape index (κ3) is 4.48. The number of ether oxygens (including phenoxy) is 2. The molecule has 1 aromatic carbocycles. The van der Waals surface area contributed by atoms with E-state index in [0.29, 0.717) is 23.8 Å². The van der Waals surface area contributed by atoms with E-state index in [1.807, 2.05) is 35.2 Å². The Morgan fingerprint density at radius 3 is 2.67 bits per heavy atom. The number of nitrogens with zero attached hydrogens (tertiary/aromatic N) is 1. The van der Waals surface area contributed by atoms with Gasteiger partial charge in [0.05, 0.1) is 13.1 Å². The molecule has 0 saturated carbocycles. The molecule has 0 saturated heterocycles. The van der Waals surface area contributed by atoms with E-state index in [-0.39, 0.29) is 30.0 Å². The fraction of sp³-hybridized carbons (Fsp3) is 0.444. The number of rotatable bonds is 6. The number of Topliss-reactive ketones (excluding diaryl/α,β-unsaturated/α-hetero) is 1. The van der Waals surface area contributed by atoms with E-state index in [0.717, 1.165) is 11.1 Å². The van der Waals surface area contributed by atoms with Crippen LogP contribution in [0.25, 0.3) is 6.08 Å². The molecule has 0 spiro atoms. The number of hydrogen-bond donors (Lipinski definition) is 2. The van der Waals surface area contributed by atoms with Crippen molar-refractivity contribution in [3.8, 4) is 0 Å². The van der Waals surface area contributed by atoms with Crippen LogP contribution in [0.5, 0.6) is 0 Å². The standard InChI is InChI=1S/C27H30F3N3O5Si/c1-4-26(38-20(34)13-31)17-12-18-22(33-14-16-8-6-5-7-15(16)11-19(33)32-18)23(35)21(17)24(37-25(26)36)39(2,3)10-9-27(28,29)30/h5-8,11,24,32H,4,9-10,12-14,31H2,1-3H3. The molecular formula is C27H30F3N3O5Si. The second-order valence-corrected chi connectivity index (χ2v) is 15.9. The van der Waals surface area contributed by atoms with Crippen molar-refractivity contribution in [2.24, 2.45) is 5.73 Å². The highest BCUT2D eigenvalue weighted by atomic mass is 28.3. The topological polar surface area (TPSA) is 111 Å². The van der Waals surface area contributed by atoms with E-state index in [9.17, 15) is 27.6 Å². The summed E-state index contributed by atoms with van der Waals surface area (Å²) in [4.78, 5) is 42.1. The Morgan fingerprint density at radius 1 is 1.28 bits per heavy atom. The number of halogens is 3. The highest BCUT2D eigenvalue weighted by Crippen LogP contribution is 2.49. The van der Waals surface area contributed by atoms with Gasteiger partial charge in [-0.05, 0) is 29.7 Å². The summed E-state index contributed by atoms with van der Waals surface area (Å²) in [6.45, 7) is 4.91. The first kappa shape index (κ1) is 27.2. The van der Waals surface area contributed by atoms with Crippen LogP contribution < -0.4 is 11.1 Å². The summed E-state index contributed by atoms with van der Waals surface area (Å²) >= 11 is 0. The number of hydrogen-bond acceptors (Lipinski definition) is 8. The lowest BCUT2D eigenvalue weighted by molar-refractivity contribution is -0.181. The van der Waals surface area contributed by atoms with E-state index < -0.39 is 56.3 Å². The molecule has 0 aromatic heterocycles. The summed E-state index contributed by atoms with van der Waals surface area (Å²) in [5, 5.41) is 3.30. The van der Waals surface area contributed by atoms with Crippen molar-refractivity contribution in [2.45, 2.75) is 69.4 Å². The van der Waals surface area contributed by atoms with Crippen molar-refractivity contribution < 1.29 is 37.0 Å². The van der Waals surface area contributed by atoms with E-state index >= 15 is 0 Å². The molecule has 3 aliphatic heterocycles. The number of nitrogens with two attached hydrogens (primary N) is 1. The summed E-state index contributed by atoms with van der Waals surface area (Å²) in [7, 11) is -3.06. The quantitative estimate of drug-likeness (QED) is 0.400. The summed E-state index contributed by atoms with van der Waals surface area (Å²) in [6, 6.07) is 7.52. The lowest BCUT2D eigenvalue weighted by Gasteiger charge is -2.46. The molecule has 8 nitrogen and oxygen atoms in total. The average molecular weight is 562 g/mol. The predicted octanol–water partition coefficient (Wildman–Crippen LogP) is 3.66. The summed E-state index contributed by atoms with van der Waals surface area (Å²) in [5.41, 5.74) is 5.76. The zero-order valence-electron chi connectivity index (χ0n) is 21.9. The number of ketones is 1. The fourth-order valence-corrected chi connectivity index (χ4v) is 8.54. The first-order valence-corrected chi connectivity index (χ1v) is 16.1. The van der Waals surface area contributed by atoms with Gasteiger partial charge in [-0.15, -0.1) is 0 Å². The van der Waals surface area contributed by atoms with Crippen molar-refractivity contribution >= 4 is 31.9 Å². The molecule has 0 amide bonds. The average Bonchev–Trinajstić information content (AvgIpc) is 3.24. The van der Waals surface area contributed by atoms with Crippen molar-refractivity contribution in [1.82, 2.24) is 10.2 Å². The number of esters is 2. The third-order valence-electron chi connectivity index (χ3n) is 7.96. The smallest absolute Gasteiger partial charge is 0.388 e. The van der Waals surface area contributed by atoms with Crippen molar-refractivity contribution in [2.75, 3.05) is 6.54 Å². The second-order valence-electron chi connectivity index (χ2n) is 10.9. The van der Waals surface area contributed by atoms with Crippen LogP contribution in [-0.4, -0.2) is 54.7 Å². The number of carbonyl (C=O) groups excluding carboxylic acids is 3. The van der Waals surface area contributed by atoms with Crippen LogP contribution in [0.3, 0.4) is 0 Å². The highest BCUT2D eigenvalue weighted by Gasteiger charge is 2.59. The number of alkyl halides is 3. The van der Waals surface area contributed by atoms with Crippen LogP contribution in [0, 0.1) is 0 Å². The molecule has 5 rings (SSSR count). The van der Waals surface area contributed by atoms with Crippen LogP contribution in [0.15, 0.2) is 52.6 Å². The SMILES string of the molecule is CCC1(OC(=O)CN)C(=O)OC([Si](C)(C)CCC(F)(F)F)C2=C1CC1=C(C2=O)N2Cc3ccccc3C=C2N1. The fourth-order valence-electron chi connectivity index (χ4n) is 5.84. The van der Waals surface area contributed by atoms with Gasteiger partial charge >= 0.3 is 18.1 Å². The minimum Gasteiger partial charge on any atom is -0.458 e. The minimum absolute atomic E-state index is 0.0264. The molecule has 1 aromatic rings. The number of benzene rings is 1. The van der Waals surface area contributed by atoms with E-state index in [1.165, 1.54) is 0 Å². The van der Waals surface area contributed by atoms with Gasteiger partial charge in [-0.25, -0.2) is 4.79 Å². The summed E-state index contributed by atoms with van der Waals surface area (Å²) in [5.74, 6) is -1.49. The molecule has 4 aliphatic rings. The van der Waals surface area contributed by atoms with E-state index in [4.69, 9.17) is 15.2 Å². The molecule has 2 atom stereocenters. The van der Waals surface area contributed by atoms with Gasteiger partial charge in [-0.1, -0.05) is 44.3 Å². The minimum atomic E-state index is -4.40. The van der Waals surface area contributed by atoms with Gasteiger partial charge in [0.25, 0.3) is 0 Å². The number of nitrogens with one attached hydrogen (secondary N) is 1. The molecule has 0 fully saturated rings. The highest BCUT2D eigenvalue weighted by molar-refractivity contribution is 6.80. The van der Waals surface area contributed by atoms with Crippen molar-refractivity contribution in [1.29, 1.82) is 0 Å². The van der Waals surface area contributed by atoms with Gasteiger partial charge in [-0.2, -0.15) is 13.2 Å².